The molecule has 1 amide bonds. The summed E-state index contributed by atoms with van der Waals surface area (Å²) in [6, 6.07) is 29.6. The maximum absolute atomic E-state index is 14.5. The van der Waals surface area contributed by atoms with Crippen molar-refractivity contribution in [2.75, 3.05) is 37.6 Å². The van der Waals surface area contributed by atoms with Crippen molar-refractivity contribution >= 4 is 22.6 Å². The molecule has 4 aromatic rings. The molecule has 3 fully saturated rings. The average molecular weight is 570 g/mol. The molecule has 0 bridgehead atoms. The van der Waals surface area contributed by atoms with Gasteiger partial charge in [-0.1, -0.05) is 48.5 Å². The summed E-state index contributed by atoms with van der Waals surface area (Å²) in [4.78, 5) is 26.8. The number of likely N-dealkylation sites (tertiary alicyclic amines) is 2. The largest absolute Gasteiger partial charge is 0.353 e. The number of rotatable bonds is 7. The van der Waals surface area contributed by atoms with Crippen molar-refractivity contribution in [1.82, 2.24) is 14.8 Å². The summed E-state index contributed by atoms with van der Waals surface area (Å²) in [6.07, 6.45) is 7.88. The Kier molecular flexibility index (Phi) is 7.82. The molecule has 3 aliphatic heterocycles. The molecular weight excluding hydrogens is 530 g/mol. The lowest BCUT2D eigenvalue weighted by Gasteiger charge is -2.30. The number of carbonyl (C=O) groups excluding carboxylic acids is 1. The van der Waals surface area contributed by atoms with Gasteiger partial charge in [0, 0.05) is 37.1 Å². The number of benzene rings is 3. The van der Waals surface area contributed by atoms with Gasteiger partial charge in [0.2, 0.25) is 0 Å². The van der Waals surface area contributed by atoms with Gasteiger partial charge in [-0.3, -0.25) is 4.79 Å². The van der Waals surface area contributed by atoms with Gasteiger partial charge < -0.3 is 14.7 Å². The van der Waals surface area contributed by atoms with Crippen LogP contribution >= 0.6 is 0 Å². The molecule has 6 nitrogen and oxygen atoms in total. The van der Waals surface area contributed by atoms with E-state index in [0.717, 1.165) is 98.2 Å². The van der Waals surface area contributed by atoms with Gasteiger partial charge in [0.15, 0.2) is 0 Å². The van der Waals surface area contributed by atoms with E-state index in [1.54, 1.807) is 0 Å². The van der Waals surface area contributed by atoms with Gasteiger partial charge >= 0.3 is 0 Å². The van der Waals surface area contributed by atoms with E-state index < -0.39 is 0 Å². The van der Waals surface area contributed by atoms with Gasteiger partial charge in [0.1, 0.15) is 5.82 Å². The SMILES string of the molecule is N#Cc1ccc(-c2ccc3nc(N4CCCC4Cc4ccccc4)cc(C(=O)N4CCC[C@H]4CN4CCCC4)c3c2)cc1. The molecule has 3 aliphatic rings. The predicted octanol–water partition coefficient (Wildman–Crippen LogP) is 6.69. The van der Waals surface area contributed by atoms with E-state index in [4.69, 9.17) is 4.98 Å². The van der Waals surface area contributed by atoms with Crippen LogP contribution in [-0.2, 0) is 6.42 Å². The number of anilines is 1. The lowest BCUT2D eigenvalue weighted by Crippen LogP contribution is -2.42. The summed E-state index contributed by atoms with van der Waals surface area (Å²) in [7, 11) is 0. The first-order valence-electron chi connectivity index (χ1n) is 16.0. The predicted molar refractivity (Wildman–Crippen MR) is 172 cm³/mol. The Morgan fingerprint density at radius 3 is 2.35 bits per heavy atom. The van der Waals surface area contributed by atoms with Crippen molar-refractivity contribution in [1.29, 1.82) is 5.26 Å². The molecule has 3 aromatic carbocycles. The lowest BCUT2D eigenvalue weighted by molar-refractivity contribution is 0.0710. The summed E-state index contributed by atoms with van der Waals surface area (Å²) >= 11 is 0. The summed E-state index contributed by atoms with van der Waals surface area (Å²) < 4.78 is 0. The fourth-order valence-electron chi connectivity index (χ4n) is 7.40. The van der Waals surface area contributed by atoms with Crippen LogP contribution in [0.3, 0.4) is 0 Å². The van der Waals surface area contributed by atoms with Gasteiger partial charge in [0.05, 0.1) is 22.7 Å². The van der Waals surface area contributed by atoms with E-state index in [-0.39, 0.29) is 11.9 Å². The van der Waals surface area contributed by atoms with Gasteiger partial charge in [-0.15, -0.1) is 0 Å². The molecular formula is C37H39N5O. The number of nitrogens with zero attached hydrogens (tertiary/aromatic N) is 5. The van der Waals surface area contributed by atoms with Gasteiger partial charge in [-0.2, -0.15) is 5.26 Å². The topological polar surface area (TPSA) is 63.5 Å². The molecule has 1 unspecified atom stereocenters. The van der Waals surface area contributed by atoms with Crippen molar-refractivity contribution < 1.29 is 4.79 Å². The lowest BCUT2D eigenvalue weighted by atomic mass is 9.99. The number of hydrogen-bond donors (Lipinski definition) is 0. The van der Waals surface area contributed by atoms with Gasteiger partial charge in [-0.05, 0) is 105 Å². The third-order valence-corrected chi connectivity index (χ3v) is 9.66. The smallest absolute Gasteiger partial charge is 0.254 e. The van der Waals surface area contributed by atoms with Crippen molar-refractivity contribution in [2.45, 2.75) is 57.0 Å². The standard InChI is InChI=1S/C37H39N5O/c38-25-28-12-14-29(15-13-28)30-16-17-35-33(23-30)34(37(43)42-21-7-11-32(42)26-40-18-4-5-19-40)24-36(39-35)41-20-6-10-31(41)22-27-8-2-1-3-9-27/h1-3,8-9,12-17,23-24,31-32H,4-7,10-11,18-22,26H2/t31?,32-/m0/s1. The number of aromatic nitrogens is 1. The summed E-state index contributed by atoms with van der Waals surface area (Å²) in [5.74, 6) is 1.04. The number of nitriles is 1. The van der Waals surface area contributed by atoms with Crippen LogP contribution in [0.15, 0.2) is 78.9 Å². The van der Waals surface area contributed by atoms with Crippen LogP contribution in [0.4, 0.5) is 5.82 Å². The van der Waals surface area contributed by atoms with E-state index in [1.807, 2.05) is 24.3 Å². The second-order valence-electron chi connectivity index (χ2n) is 12.4. The summed E-state index contributed by atoms with van der Waals surface area (Å²) in [6.45, 7) is 5.03. The highest BCUT2D eigenvalue weighted by molar-refractivity contribution is 6.08. The molecule has 6 heteroatoms. The first-order valence-corrected chi connectivity index (χ1v) is 16.0. The third kappa shape index (κ3) is 5.75. The number of amides is 1. The van der Waals surface area contributed by atoms with Gasteiger partial charge in [0.25, 0.3) is 5.91 Å². The van der Waals surface area contributed by atoms with E-state index >= 15 is 0 Å². The number of pyridine rings is 1. The van der Waals surface area contributed by atoms with E-state index in [0.29, 0.717) is 11.6 Å². The minimum Gasteiger partial charge on any atom is -0.353 e. The number of carbonyl (C=O) groups is 1. The Morgan fingerprint density at radius 1 is 0.814 bits per heavy atom. The summed E-state index contributed by atoms with van der Waals surface area (Å²) in [5, 5.41) is 10.2. The third-order valence-electron chi connectivity index (χ3n) is 9.66. The highest BCUT2D eigenvalue weighted by atomic mass is 16.2. The zero-order chi connectivity index (χ0) is 29.2. The zero-order valence-electron chi connectivity index (χ0n) is 24.8. The molecule has 3 saturated heterocycles. The number of hydrogen-bond acceptors (Lipinski definition) is 5. The molecule has 0 radical (unpaired) electrons. The average Bonchev–Trinajstić information content (AvgIpc) is 3.84. The van der Waals surface area contributed by atoms with Crippen LogP contribution in [0.2, 0.25) is 0 Å². The zero-order valence-corrected chi connectivity index (χ0v) is 24.8. The summed E-state index contributed by atoms with van der Waals surface area (Å²) in [5.41, 5.74) is 5.65. The Labute approximate surface area is 254 Å². The minimum atomic E-state index is 0.131. The molecule has 0 aliphatic carbocycles. The molecule has 2 atom stereocenters. The normalized spacial score (nSPS) is 20.6. The Balaban J connectivity index is 1.27. The molecule has 0 N–H and O–H groups in total. The molecule has 1 aromatic heterocycles. The van der Waals surface area contributed by atoms with Gasteiger partial charge in [-0.25, -0.2) is 4.98 Å². The fraction of sp³-hybridized carbons (Fsp3) is 0.378. The van der Waals surface area contributed by atoms with Crippen molar-refractivity contribution in [3.05, 3.63) is 95.6 Å². The molecule has 4 heterocycles. The van der Waals surface area contributed by atoms with Crippen molar-refractivity contribution in [2.24, 2.45) is 0 Å². The highest BCUT2D eigenvalue weighted by Crippen LogP contribution is 2.34. The number of fused-ring (bicyclic) bond motifs is 1. The molecule has 7 rings (SSSR count). The minimum absolute atomic E-state index is 0.131. The first-order chi connectivity index (χ1) is 21.2. The van der Waals surface area contributed by atoms with Crippen LogP contribution in [0, 0.1) is 11.3 Å². The molecule has 0 spiro atoms. The fourth-order valence-corrected chi connectivity index (χ4v) is 7.40. The van der Waals surface area contributed by atoms with Crippen LogP contribution in [0.1, 0.15) is 60.0 Å². The molecule has 218 valence electrons. The quantitative estimate of drug-likeness (QED) is 0.248. The van der Waals surface area contributed by atoms with Crippen LogP contribution in [0.25, 0.3) is 22.0 Å². The van der Waals surface area contributed by atoms with Crippen molar-refractivity contribution in [3.63, 3.8) is 0 Å². The Morgan fingerprint density at radius 2 is 1.56 bits per heavy atom. The van der Waals surface area contributed by atoms with Crippen molar-refractivity contribution in [3.8, 4) is 17.2 Å². The maximum Gasteiger partial charge on any atom is 0.254 e. The molecule has 43 heavy (non-hydrogen) atoms. The van der Waals surface area contributed by atoms with Crippen LogP contribution < -0.4 is 4.90 Å². The Hall–Kier alpha value is -4.21. The second kappa shape index (κ2) is 12.2. The monoisotopic (exact) mass is 569 g/mol. The second-order valence-corrected chi connectivity index (χ2v) is 12.4. The highest BCUT2D eigenvalue weighted by Gasteiger charge is 2.33. The van der Waals surface area contributed by atoms with E-state index in [1.165, 1.54) is 18.4 Å². The first kappa shape index (κ1) is 27.6. The van der Waals surface area contributed by atoms with Crippen LogP contribution in [-0.4, -0.2) is 65.5 Å². The van der Waals surface area contributed by atoms with E-state index in [9.17, 15) is 10.1 Å². The van der Waals surface area contributed by atoms with Crippen LogP contribution in [0.5, 0.6) is 0 Å². The Bertz CT molecular complexity index is 1640. The maximum atomic E-state index is 14.5. The van der Waals surface area contributed by atoms with E-state index in [2.05, 4.69) is 75.4 Å². The molecule has 0 saturated carbocycles.